The lowest BCUT2D eigenvalue weighted by atomic mass is 10.3. The molecular weight excluding hydrogens is 320 g/mol. The van der Waals surface area contributed by atoms with E-state index >= 15 is 0 Å². The molecule has 0 saturated carbocycles. The smallest absolute Gasteiger partial charge is 0.238 e. The van der Waals surface area contributed by atoms with Crippen LogP contribution in [0.5, 0.6) is 0 Å². The molecule has 5 nitrogen and oxygen atoms in total. The van der Waals surface area contributed by atoms with Crippen molar-refractivity contribution in [1.29, 1.82) is 0 Å². The molecule has 1 amide bonds. The van der Waals surface area contributed by atoms with Crippen LogP contribution >= 0.6 is 11.8 Å². The van der Waals surface area contributed by atoms with Crippen LogP contribution in [0.25, 0.3) is 0 Å². The van der Waals surface area contributed by atoms with Crippen molar-refractivity contribution >= 4 is 33.2 Å². The van der Waals surface area contributed by atoms with Gasteiger partial charge in [-0.3, -0.25) is 4.79 Å². The van der Waals surface area contributed by atoms with Crippen LogP contribution in [-0.2, 0) is 14.6 Å². The number of sulfone groups is 1. The van der Waals surface area contributed by atoms with Gasteiger partial charge in [0.05, 0.1) is 16.3 Å². The summed E-state index contributed by atoms with van der Waals surface area (Å²) in [5.41, 5.74) is 5.63. The maximum Gasteiger partial charge on any atom is 0.238 e. The van der Waals surface area contributed by atoms with Gasteiger partial charge in [-0.15, -0.1) is 11.8 Å². The Morgan fingerprint density at radius 2 is 1.82 bits per heavy atom. The Morgan fingerprint density at radius 1 is 1.14 bits per heavy atom. The molecule has 2 rings (SSSR count). The first-order valence-electron chi connectivity index (χ1n) is 6.46. The minimum absolute atomic E-state index is 0.124. The molecule has 0 saturated heterocycles. The van der Waals surface area contributed by atoms with E-state index in [0.29, 0.717) is 5.69 Å². The number of carbonyl (C=O) groups is 1. The molecule has 0 heterocycles. The lowest BCUT2D eigenvalue weighted by molar-refractivity contribution is -0.114. The molecule has 0 aromatic heterocycles. The number of thioether (sulfide) groups is 1. The molecule has 0 fully saturated rings. The number of nitrogens with one attached hydrogen (secondary N) is 1. The zero-order valence-electron chi connectivity index (χ0n) is 11.9. The van der Waals surface area contributed by atoms with Crippen LogP contribution in [0.1, 0.15) is 0 Å². The van der Waals surface area contributed by atoms with Gasteiger partial charge in [-0.1, -0.05) is 6.07 Å². The SMILES string of the molecule is CSc1ccc(S(=O)(=O)c2cccc(NC(=O)CN)c2)cc1. The maximum absolute atomic E-state index is 12.6. The van der Waals surface area contributed by atoms with Crippen LogP contribution < -0.4 is 11.1 Å². The van der Waals surface area contributed by atoms with Crippen LogP contribution in [0.2, 0.25) is 0 Å². The minimum atomic E-state index is -3.62. The number of anilines is 1. The monoisotopic (exact) mass is 336 g/mol. The molecule has 0 spiro atoms. The normalized spacial score (nSPS) is 11.2. The summed E-state index contributed by atoms with van der Waals surface area (Å²) >= 11 is 1.54. The van der Waals surface area contributed by atoms with Gasteiger partial charge < -0.3 is 11.1 Å². The highest BCUT2D eigenvalue weighted by Gasteiger charge is 2.18. The van der Waals surface area contributed by atoms with E-state index in [9.17, 15) is 13.2 Å². The second-order valence-electron chi connectivity index (χ2n) is 4.46. The third-order valence-corrected chi connectivity index (χ3v) is 5.49. The van der Waals surface area contributed by atoms with Gasteiger partial charge in [0.2, 0.25) is 15.7 Å². The lowest BCUT2D eigenvalue weighted by Crippen LogP contribution is -2.21. The van der Waals surface area contributed by atoms with Gasteiger partial charge in [-0.2, -0.15) is 0 Å². The fourth-order valence-electron chi connectivity index (χ4n) is 1.84. The van der Waals surface area contributed by atoms with Crippen molar-refractivity contribution in [3.8, 4) is 0 Å². The third-order valence-electron chi connectivity index (χ3n) is 2.98. The fraction of sp³-hybridized carbons (Fsp3) is 0.133. The molecule has 0 aliphatic rings. The average Bonchev–Trinajstić information content (AvgIpc) is 2.55. The van der Waals surface area contributed by atoms with Gasteiger partial charge in [-0.05, 0) is 48.7 Å². The molecule has 0 atom stereocenters. The summed E-state index contributed by atoms with van der Waals surface area (Å²) in [5, 5.41) is 2.54. The second kappa shape index (κ2) is 6.95. The first-order chi connectivity index (χ1) is 10.5. The summed E-state index contributed by atoms with van der Waals surface area (Å²) in [6.45, 7) is -0.160. The zero-order valence-corrected chi connectivity index (χ0v) is 13.6. The summed E-state index contributed by atoms with van der Waals surface area (Å²) < 4.78 is 25.2. The van der Waals surface area contributed by atoms with Crippen LogP contribution in [0.4, 0.5) is 5.69 Å². The van der Waals surface area contributed by atoms with Crippen LogP contribution in [0.15, 0.2) is 63.2 Å². The Bertz CT molecular complexity index is 772. The lowest BCUT2D eigenvalue weighted by Gasteiger charge is -2.08. The predicted molar refractivity (Wildman–Crippen MR) is 87.8 cm³/mol. The first kappa shape index (κ1) is 16.5. The number of nitrogens with two attached hydrogens (primary N) is 1. The summed E-state index contributed by atoms with van der Waals surface area (Å²) in [7, 11) is -3.62. The number of carbonyl (C=O) groups excluding carboxylic acids is 1. The zero-order chi connectivity index (χ0) is 16.2. The Balaban J connectivity index is 2.36. The number of hydrogen-bond acceptors (Lipinski definition) is 5. The molecule has 7 heteroatoms. The van der Waals surface area contributed by atoms with Gasteiger partial charge in [0, 0.05) is 10.6 Å². The Hall–Kier alpha value is -1.83. The molecule has 3 N–H and O–H groups in total. The quantitative estimate of drug-likeness (QED) is 0.817. The summed E-state index contributed by atoms with van der Waals surface area (Å²) in [4.78, 5) is 12.6. The Labute approximate surface area is 133 Å². The maximum atomic E-state index is 12.6. The van der Waals surface area contributed by atoms with Gasteiger partial charge in [0.25, 0.3) is 0 Å². The molecular formula is C15H16N2O3S2. The van der Waals surface area contributed by atoms with Crippen molar-refractivity contribution < 1.29 is 13.2 Å². The largest absolute Gasteiger partial charge is 0.325 e. The highest BCUT2D eigenvalue weighted by atomic mass is 32.2. The highest BCUT2D eigenvalue weighted by molar-refractivity contribution is 7.98. The standard InChI is InChI=1S/C15H16N2O3S2/c1-21-12-5-7-13(8-6-12)22(19,20)14-4-2-3-11(9-14)17-15(18)10-16/h2-9H,10,16H2,1H3,(H,17,18). The van der Waals surface area contributed by atoms with Crippen molar-refractivity contribution in [2.24, 2.45) is 5.73 Å². The predicted octanol–water partition coefficient (Wildman–Crippen LogP) is 2.14. The van der Waals surface area contributed by atoms with E-state index in [0.717, 1.165) is 4.90 Å². The number of hydrogen-bond donors (Lipinski definition) is 2. The van der Waals surface area contributed by atoms with Crippen molar-refractivity contribution in [3.63, 3.8) is 0 Å². The topological polar surface area (TPSA) is 89.3 Å². The average molecular weight is 336 g/mol. The van der Waals surface area contributed by atoms with Crippen molar-refractivity contribution in [3.05, 3.63) is 48.5 Å². The molecule has 0 radical (unpaired) electrons. The molecule has 22 heavy (non-hydrogen) atoms. The van der Waals surface area contributed by atoms with E-state index < -0.39 is 9.84 Å². The summed E-state index contributed by atoms with van der Waals surface area (Å²) in [5.74, 6) is -0.376. The molecule has 0 bridgehead atoms. The summed E-state index contributed by atoms with van der Waals surface area (Å²) in [6, 6.07) is 12.8. The molecule has 0 aliphatic heterocycles. The van der Waals surface area contributed by atoms with E-state index in [1.165, 1.54) is 12.1 Å². The fourth-order valence-corrected chi connectivity index (χ4v) is 3.56. The van der Waals surface area contributed by atoms with E-state index in [4.69, 9.17) is 5.73 Å². The second-order valence-corrected chi connectivity index (χ2v) is 7.29. The number of rotatable bonds is 5. The van der Waals surface area contributed by atoms with Crippen LogP contribution in [0, 0.1) is 0 Å². The van der Waals surface area contributed by atoms with Crippen LogP contribution in [0.3, 0.4) is 0 Å². The first-order valence-corrected chi connectivity index (χ1v) is 9.17. The highest BCUT2D eigenvalue weighted by Crippen LogP contribution is 2.25. The molecule has 2 aromatic carbocycles. The minimum Gasteiger partial charge on any atom is -0.325 e. The molecule has 2 aromatic rings. The number of amides is 1. The van der Waals surface area contributed by atoms with E-state index in [1.807, 2.05) is 6.26 Å². The summed E-state index contributed by atoms with van der Waals surface area (Å²) in [6.07, 6.45) is 1.92. The van der Waals surface area contributed by atoms with E-state index in [2.05, 4.69) is 5.32 Å². The van der Waals surface area contributed by atoms with Crippen molar-refractivity contribution in [1.82, 2.24) is 0 Å². The Morgan fingerprint density at radius 3 is 2.41 bits per heavy atom. The third kappa shape index (κ3) is 3.68. The molecule has 0 unspecified atom stereocenters. The van der Waals surface area contributed by atoms with Gasteiger partial charge >= 0.3 is 0 Å². The number of benzene rings is 2. The van der Waals surface area contributed by atoms with Gasteiger partial charge in [-0.25, -0.2) is 8.42 Å². The van der Waals surface area contributed by atoms with Crippen molar-refractivity contribution in [2.75, 3.05) is 18.1 Å². The van der Waals surface area contributed by atoms with Gasteiger partial charge in [0.1, 0.15) is 0 Å². The van der Waals surface area contributed by atoms with Gasteiger partial charge in [0.15, 0.2) is 0 Å². The van der Waals surface area contributed by atoms with Crippen LogP contribution in [-0.4, -0.2) is 27.1 Å². The molecule has 0 aliphatic carbocycles. The van der Waals surface area contributed by atoms with E-state index in [-0.39, 0.29) is 22.2 Å². The Kier molecular flexibility index (Phi) is 5.23. The van der Waals surface area contributed by atoms with Crippen molar-refractivity contribution in [2.45, 2.75) is 14.7 Å². The van der Waals surface area contributed by atoms with E-state index in [1.54, 1.807) is 48.2 Å². The molecule has 116 valence electrons.